The summed E-state index contributed by atoms with van der Waals surface area (Å²) in [5.74, 6) is 5.87. The quantitative estimate of drug-likeness (QED) is 0.656. The monoisotopic (exact) mass is 294 g/mol. The minimum atomic E-state index is -0.467. The maximum absolute atomic E-state index is 13.6. The fraction of sp³-hybridized carbons (Fsp3) is 0.200. The minimum absolute atomic E-state index is 0.0669. The molecule has 0 radical (unpaired) electrons. The predicted molar refractivity (Wildman–Crippen MR) is 78.2 cm³/mol. The van der Waals surface area contributed by atoms with Gasteiger partial charge in [0.2, 0.25) is 0 Å². The Morgan fingerprint density at radius 1 is 1.30 bits per heavy atom. The van der Waals surface area contributed by atoms with E-state index in [0.717, 1.165) is 11.3 Å². The molecule has 2 aromatic rings. The average Bonchev–Trinajstić information content (AvgIpc) is 2.45. The van der Waals surface area contributed by atoms with Gasteiger partial charge >= 0.3 is 0 Å². The van der Waals surface area contributed by atoms with Gasteiger partial charge in [0.15, 0.2) is 0 Å². The second-order valence-corrected chi connectivity index (χ2v) is 4.63. The molecular formula is C15H16ClFN2O. The van der Waals surface area contributed by atoms with Crippen LogP contribution in [0.2, 0.25) is 5.02 Å². The average molecular weight is 295 g/mol. The van der Waals surface area contributed by atoms with Gasteiger partial charge in [-0.05, 0) is 36.2 Å². The molecule has 1 unspecified atom stereocenters. The van der Waals surface area contributed by atoms with E-state index >= 15 is 0 Å². The SMILES string of the molecule is CCOc1cccc(C(NN)c2cccc(F)c2Cl)c1. The molecule has 20 heavy (non-hydrogen) atoms. The van der Waals surface area contributed by atoms with Crippen LogP contribution in [0, 0.1) is 5.82 Å². The first-order valence-electron chi connectivity index (χ1n) is 6.30. The van der Waals surface area contributed by atoms with Crippen molar-refractivity contribution in [2.24, 2.45) is 5.84 Å². The van der Waals surface area contributed by atoms with E-state index in [1.165, 1.54) is 6.07 Å². The Morgan fingerprint density at radius 2 is 2.05 bits per heavy atom. The van der Waals surface area contributed by atoms with Gasteiger partial charge in [-0.1, -0.05) is 35.9 Å². The van der Waals surface area contributed by atoms with Crippen molar-refractivity contribution >= 4 is 11.6 Å². The van der Waals surface area contributed by atoms with E-state index in [1.807, 2.05) is 31.2 Å². The Labute approximate surface area is 122 Å². The van der Waals surface area contributed by atoms with Crippen molar-refractivity contribution in [3.63, 3.8) is 0 Å². The Morgan fingerprint density at radius 3 is 2.75 bits per heavy atom. The topological polar surface area (TPSA) is 47.3 Å². The van der Waals surface area contributed by atoms with Gasteiger partial charge in [-0.15, -0.1) is 0 Å². The van der Waals surface area contributed by atoms with Crippen LogP contribution in [0.3, 0.4) is 0 Å². The molecule has 106 valence electrons. The number of hydrogen-bond donors (Lipinski definition) is 2. The molecular weight excluding hydrogens is 279 g/mol. The standard InChI is InChI=1S/C15H16ClFN2O/c1-2-20-11-6-3-5-10(9-11)15(19-18)12-7-4-8-13(17)14(12)16/h3-9,15,19H,2,18H2,1H3. The third kappa shape index (κ3) is 3.10. The first-order valence-corrected chi connectivity index (χ1v) is 6.68. The normalized spacial score (nSPS) is 12.2. The number of hydrazine groups is 1. The van der Waals surface area contributed by atoms with Gasteiger partial charge in [-0.3, -0.25) is 5.84 Å². The van der Waals surface area contributed by atoms with Crippen LogP contribution in [0.1, 0.15) is 24.1 Å². The van der Waals surface area contributed by atoms with Crippen molar-refractivity contribution in [2.75, 3.05) is 6.61 Å². The van der Waals surface area contributed by atoms with Gasteiger partial charge < -0.3 is 4.74 Å². The summed E-state index contributed by atoms with van der Waals surface area (Å²) in [6.07, 6.45) is 0. The van der Waals surface area contributed by atoms with Crippen molar-refractivity contribution < 1.29 is 9.13 Å². The molecule has 2 rings (SSSR count). The van der Waals surface area contributed by atoms with E-state index in [-0.39, 0.29) is 5.02 Å². The van der Waals surface area contributed by atoms with Gasteiger partial charge in [-0.2, -0.15) is 0 Å². The molecule has 3 nitrogen and oxygen atoms in total. The van der Waals surface area contributed by atoms with E-state index in [1.54, 1.807) is 12.1 Å². The highest BCUT2D eigenvalue weighted by molar-refractivity contribution is 6.31. The zero-order chi connectivity index (χ0) is 14.5. The van der Waals surface area contributed by atoms with Crippen molar-refractivity contribution in [1.29, 1.82) is 0 Å². The number of ether oxygens (including phenoxy) is 1. The molecule has 0 saturated heterocycles. The molecule has 0 fully saturated rings. The Kier molecular flexibility index (Phi) is 4.95. The van der Waals surface area contributed by atoms with Gasteiger partial charge in [0.1, 0.15) is 11.6 Å². The van der Waals surface area contributed by atoms with Crippen LogP contribution in [0.5, 0.6) is 5.75 Å². The van der Waals surface area contributed by atoms with Crippen molar-refractivity contribution in [3.8, 4) is 5.75 Å². The van der Waals surface area contributed by atoms with Crippen LogP contribution < -0.4 is 16.0 Å². The fourth-order valence-corrected chi connectivity index (χ4v) is 2.29. The molecule has 0 bridgehead atoms. The van der Waals surface area contributed by atoms with Gasteiger partial charge in [-0.25, -0.2) is 9.82 Å². The summed E-state index contributed by atoms with van der Waals surface area (Å²) < 4.78 is 19.0. The number of halogens is 2. The third-order valence-electron chi connectivity index (χ3n) is 2.96. The van der Waals surface area contributed by atoms with Gasteiger partial charge in [0, 0.05) is 0 Å². The van der Waals surface area contributed by atoms with Crippen LogP contribution in [0.25, 0.3) is 0 Å². The summed E-state index contributed by atoms with van der Waals surface area (Å²) in [5.41, 5.74) is 4.10. The Hall–Kier alpha value is -1.62. The number of rotatable bonds is 5. The molecule has 0 saturated carbocycles. The second-order valence-electron chi connectivity index (χ2n) is 4.25. The zero-order valence-corrected chi connectivity index (χ0v) is 11.8. The smallest absolute Gasteiger partial charge is 0.142 e. The zero-order valence-electron chi connectivity index (χ0n) is 11.1. The molecule has 3 N–H and O–H groups in total. The van der Waals surface area contributed by atoms with Crippen LogP contribution in [0.15, 0.2) is 42.5 Å². The summed E-state index contributed by atoms with van der Waals surface area (Å²) in [4.78, 5) is 0. The van der Waals surface area contributed by atoms with Crippen molar-refractivity contribution in [1.82, 2.24) is 5.43 Å². The van der Waals surface area contributed by atoms with Crippen LogP contribution >= 0.6 is 11.6 Å². The van der Waals surface area contributed by atoms with Gasteiger partial charge in [0.05, 0.1) is 17.7 Å². The maximum Gasteiger partial charge on any atom is 0.142 e. The molecule has 0 aromatic heterocycles. The van der Waals surface area contributed by atoms with E-state index in [4.69, 9.17) is 22.2 Å². The molecule has 2 aromatic carbocycles. The van der Waals surface area contributed by atoms with Crippen LogP contribution in [-0.4, -0.2) is 6.61 Å². The molecule has 0 heterocycles. The lowest BCUT2D eigenvalue weighted by molar-refractivity contribution is 0.339. The van der Waals surface area contributed by atoms with E-state index in [9.17, 15) is 4.39 Å². The number of benzene rings is 2. The summed E-state index contributed by atoms with van der Waals surface area (Å²) in [5, 5.41) is 0.0669. The molecule has 1 atom stereocenters. The number of hydrogen-bond acceptors (Lipinski definition) is 3. The van der Waals surface area contributed by atoms with E-state index in [2.05, 4.69) is 5.43 Å². The van der Waals surface area contributed by atoms with Gasteiger partial charge in [0.25, 0.3) is 0 Å². The van der Waals surface area contributed by atoms with E-state index < -0.39 is 11.9 Å². The lowest BCUT2D eigenvalue weighted by Gasteiger charge is -2.19. The summed E-state index contributed by atoms with van der Waals surface area (Å²) in [7, 11) is 0. The molecule has 0 aliphatic carbocycles. The van der Waals surface area contributed by atoms with Crippen molar-refractivity contribution in [2.45, 2.75) is 13.0 Å². The molecule has 0 aliphatic heterocycles. The summed E-state index contributed by atoms with van der Waals surface area (Å²) in [6, 6.07) is 11.7. The van der Waals surface area contributed by atoms with Crippen LogP contribution in [0.4, 0.5) is 4.39 Å². The Balaban J connectivity index is 2.41. The number of nitrogens with two attached hydrogens (primary N) is 1. The fourth-order valence-electron chi connectivity index (χ4n) is 2.06. The van der Waals surface area contributed by atoms with Crippen molar-refractivity contribution in [3.05, 3.63) is 64.4 Å². The lowest BCUT2D eigenvalue weighted by Crippen LogP contribution is -2.29. The first-order chi connectivity index (χ1) is 9.67. The highest BCUT2D eigenvalue weighted by Crippen LogP contribution is 2.31. The summed E-state index contributed by atoms with van der Waals surface area (Å²) >= 11 is 6.02. The number of nitrogens with one attached hydrogen (secondary N) is 1. The minimum Gasteiger partial charge on any atom is -0.494 e. The predicted octanol–water partition coefficient (Wildman–Crippen LogP) is 3.43. The highest BCUT2D eigenvalue weighted by Gasteiger charge is 2.18. The first kappa shape index (κ1) is 14.8. The Bertz CT molecular complexity index is 592. The van der Waals surface area contributed by atoms with Crippen LogP contribution in [-0.2, 0) is 0 Å². The maximum atomic E-state index is 13.6. The third-order valence-corrected chi connectivity index (χ3v) is 3.36. The second kappa shape index (κ2) is 6.70. The molecule has 5 heteroatoms. The molecule has 0 amide bonds. The lowest BCUT2D eigenvalue weighted by atomic mass is 9.99. The summed E-state index contributed by atoms with van der Waals surface area (Å²) in [6.45, 7) is 2.49. The molecule has 0 aliphatic rings. The highest BCUT2D eigenvalue weighted by atomic mass is 35.5. The largest absolute Gasteiger partial charge is 0.494 e. The molecule has 0 spiro atoms. The van der Waals surface area contributed by atoms with E-state index in [0.29, 0.717) is 12.2 Å².